The van der Waals surface area contributed by atoms with Gasteiger partial charge >= 0.3 is 5.97 Å². The van der Waals surface area contributed by atoms with Gasteiger partial charge in [-0.05, 0) is 36.6 Å². The lowest BCUT2D eigenvalue weighted by atomic mass is 10.1. The van der Waals surface area contributed by atoms with E-state index in [4.69, 9.17) is 9.47 Å². The van der Waals surface area contributed by atoms with Crippen molar-refractivity contribution in [3.8, 4) is 11.5 Å². The fourth-order valence-corrected chi connectivity index (χ4v) is 1.36. The maximum atomic E-state index is 11.5. The Labute approximate surface area is 96.4 Å². The first-order valence-electron chi connectivity index (χ1n) is 5.38. The third kappa shape index (κ3) is 3.57. The Balaban J connectivity index is 2.70. The predicted molar refractivity (Wildman–Crippen MR) is 62.8 cm³/mol. The first-order valence-corrected chi connectivity index (χ1v) is 5.38. The minimum atomic E-state index is -0.191. The second kappa shape index (κ2) is 5.54. The molecular weight excluding hydrogens is 204 g/mol. The van der Waals surface area contributed by atoms with Gasteiger partial charge in [0.05, 0.1) is 7.11 Å². The Hall–Kier alpha value is -1.51. The van der Waals surface area contributed by atoms with Crippen LogP contribution in [0, 0.1) is 12.8 Å². The van der Waals surface area contributed by atoms with Crippen molar-refractivity contribution in [3.05, 3.63) is 23.8 Å². The molecule has 0 aliphatic heterocycles. The molecule has 0 aliphatic rings. The van der Waals surface area contributed by atoms with Gasteiger partial charge in [-0.3, -0.25) is 4.79 Å². The van der Waals surface area contributed by atoms with E-state index >= 15 is 0 Å². The largest absolute Gasteiger partial charge is 0.497 e. The van der Waals surface area contributed by atoms with Gasteiger partial charge in [0.1, 0.15) is 11.5 Å². The zero-order chi connectivity index (χ0) is 12.1. The van der Waals surface area contributed by atoms with Crippen LogP contribution >= 0.6 is 0 Å². The van der Waals surface area contributed by atoms with Crippen LogP contribution in [-0.2, 0) is 4.79 Å². The highest BCUT2D eigenvalue weighted by Gasteiger charge is 2.09. The van der Waals surface area contributed by atoms with Crippen molar-refractivity contribution in [1.82, 2.24) is 0 Å². The van der Waals surface area contributed by atoms with E-state index in [-0.39, 0.29) is 5.97 Å². The van der Waals surface area contributed by atoms with Crippen LogP contribution in [0.25, 0.3) is 0 Å². The SMILES string of the molecule is COc1ccc(OC(=O)CC(C)C)c(C)c1. The smallest absolute Gasteiger partial charge is 0.311 e. The van der Waals surface area contributed by atoms with E-state index in [0.29, 0.717) is 18.1 Å². The quantitative estimate of drug-likeness (QED) is 0.580. The molecule has 3 heteroatoms. The van der Waals surface area contributed by atoms with Crippen molar-refractivity contribution in [1.29, 1.82) is 0 Å². The van der Waals surface area contributed by atoms with E-state index in [1.165, 1.54) is 0 Å². The molecule has 0 heterocycles. The molecule has 1 rings (SSSR count). The summed E-state index contributed by atoms with van der Waals surface area (Å²) in [5, 5.41) is 0. The van der Waals surface area contributed by atoms with Crippen LogP contribution in [0.5, 0.6) is 11.5 Å². The summed E-state index contributed by atoms with van der Waals surface area (Å²) in [6, 6.07) is 5.38. The maximum absolute atomic E-state index is 11.5. The average Bonchev–Trinajstić information content (AvgIpc) is 2.19. The molecule has 0 saturated carbocycles. The van der Waals surface area contributed by atoms with Crippen molar-refractivity contribution in [2.24, 2.45) is 5.92 Å². The molecule has 0 bridgehead atoms. The van der Waals surface area contributed by atoms with Crippen molar-refractivity contribution in [2.45, 2.75) is 27.2 Å². The Morgan fingerprint density at radius 3 is 2.56 bits per heavy atom. The highest BCUT2D eigenvalue weighted by atomic mass is 16.5. The third-order valence-corrected chi connectivity index (χ3v) is 2.18. The van der Waals surface area contributed by atoms with Crippen molar-refractivity contribution in [2.75, 3.05) is 7.11 Å². The highest BCUT2D eigenvalue weighted by Crippen LogP contribution is 2.23. The fourth-order valence-electron chi connectivity index (χ4n) is 1.36. The van der Waals surface area contributed by atoms with E-state index < -0.39 is 0 Å². The van der Waals surface area contributed by atoms with Crippen LogP contribution in [0.15, 0.2) is 18.2 Å². The van der Waals surface area contributed by atoms with E-state index in [2.05, 4.69) is 0 Å². The molecule has 0 amide bonds. The van der Waals surface area contributed by atoms with Crippen LogP contribution in [0.4, 0.5) is 0 Å². The van der Waals surface area contributed by atoms with Gasteiger partial charge in [-0.1, -0.05) is 13.8 Å². The number of hydrogen-bond acceptors (Lipinski definition) is 3. The van der Waals surface area contributed by atoms with E-state index in [1.807, 2.05) is 26.8 Å². The number of carbonyl (C=O) groups excluding carboxylic acids is 1. The Morgan fingerprint density at radius 1 is 1.38 bits per heavy atom. The summed E-state index contributed by atoms with van der Waals surface area (Å²) in [6.45, 7) is 5.87. The van der Waals surface area contributed by atoms with Crippen molar-refractivity contribution < 1.29 is 14.3 Å². The zero-order valence-corrected chi connectivity index (χ0v) is 10.2. The average molecular weight is 222 g/mol. The molecule has 0 atom stereocenters. The Kier molecular flexibility index (Phi) is 4.35. The molecule has 0 N–H and O–H groups in total. The van der Waals surface area contributed by atoms with Crippen LogP contribution in [0.1, 0.15) is 25.8 Å². The third-order valence-electron chi connectivity index (χ3n) is 2.18. The minimum Gasteiger partial charge on any atom is -0.497 e. The van der Waals surface area contributed by atoms with E-state index in [1.54, 1.807) is 19.2 Å². The summed E-state index contributed by atoms with van der Waals surface area (Å²) < 4.78 is 10.3. The lowest BCUT2D eigenvalue weighted by molar-refractivity contribution is -0.135. The van der Waals surface area contributed by atoms with Gasteiger partial charge in [-0.25, -0.2) is 0 Å². The number of rotatable bonds is 4. The van der Waals surface area contributed by atoms with Gasteiger partial charge in [-0.2, -0.15) is 0 Å². The number of benzene rings is 1. The van der Waals surface area contributed by atoms with E-state index in [9.17, 15) is 4.79 Å². The second-order valence-corrected chi connectivity index (χ2v) is 4.20. The lowest BCUT2D eigenvalue weighted by Crippen LogP contribution is -2.11. The highest BCUT2D eigenvalue weighted by molar-refractivity contribution is 5.73. The summed E-state index contributed by atoms with van der Waals surface area (Å²) in [4.78, 5) is 11.5. The van der Waals surface area contributed by atoms with Crippen LogP contribution in [-0.4, -0.2) is 13.1 Å². The molecule has 0 unspecified atom stereocenters. The fraction of sp³-hybridized carbons (Fsp3) is 0.462. The minimum absolute atomic E-state index is 0.191. The summed E-state index contributed by atoms with van der Waals surface area (Å²) in [6.07, 6.45) is 0.436. The molecule has 0 fully saturated rings. The summed E-state index contributed by atoms with van der Waals surface area (Å²) in [5.41, 5.74) is 0.899. The number of aryl methyl sites for hydroxylation is 1. The molecule has 0 aromatic heterocycles. The number of methoxy groups -OCH3 is 1. The van der Waals surface area contributed by atoms with Crippen molar-refractivity contribution in [3.63, 3.8) is 0 Å². The molecule has 1 aromatic carbocycles. The molecule has 0 saturated heterocycles. The standard InChI is InChI=1S/C13H18O3/c1-9(2)7-13(14)16-12-6-5-11(15-4)8-10(12)3/h5-6,8-9H,7H2,1-4H3. The van der Waals surface area contributed by atoms with Crippen molar-refractivity contribution >= 4 is 5.97 Å². The molecule has 88 valence electrons. The van der Waals surface area contributed by atoms with Gasteiger partial charge < -0.3 is 9.47 Å². The Morgan fingerprint density at radius 2 is 2.06 bits per heavy atom. The molecule has 3 nitrogen and oxygen atoms in total. The molecule has 0 aliphatic carbocycles. The number of hydrogen-bond donors (Lipinski definition) is 0. The summed E-state index contributed by atoms with van der Waals surface area (Å²) in [7, 11) is 1.61. The van der Waals surface area contributed by atoms with Crippen LogP contribution in [0.3, 0.4) is 0 Å². The molecule has 16 heavy (non-hydrogen) atoms. The summed E-state index contributed by atoms with van der Waals surface area (Å²) >= 11 is 0. The monoisotopic (exact) mass is 222 g/mol. The molecule has 0 spiro atoms. The lowest BCUT2D eigenvalue weighted by Gasteiger charge is -2.09. The first-order chi connectivity index (χ1) is 7.52. The van der Waals surface area contributed by atoms with Gasteiger partial charge in [0, 0.05) is 6.42 Å². The van der Waals surface area contributed by atoms with Gasteiger partial charge in [0.15, 0.2) is 0 Å². The van der Waals surface area contributed by atoms with Gasteiger partial charge in [0.25, 0.3) is 0 Å². The second-order valence-electron chi connectivity index (χ2n) is 4.20. The van der Waals surface area contributed by atoms with E-state index in [0.717, 1.165) is 11.3 Å². The predicted octanol–water partition coefficient (Wildman–Crippen LogP) is 2.96. The number of carbonyl (C=O) groups is 1. The molecular formula is C13H18O3. The number of ether oxygens (including phenoxy) is 2. The maximum Gasteiger partial charge on any atom is 0.311 e. The normalized spacial score (nSPS) is 10.3. The number of esters is 1. The zero-order valence-electron chi connectivity index (χ0n) is 10.2. The first kappa shape index (κ1) is 12.6. The molecule has 1 aromatic rings. The summed E-state index contributed by atoms with van der Waals surface area (Å²) in [5.74, 6) is 1.49. The van der Waals surface area contributed by atoms with Gasteiger partial charge in [-0.15, -0.1) is 0 Å². The van der Waals surface area contributed by atoms with Gasteiger partial charge in [0.2, 0.25) is 0 Å². The molecule has 0 radical (unpaired) electrons. The topological polar surface area (TPSA) is 35.5 Å². The Bertz CT molecular complexity index is 369. The van der Waals surface area contributed by atoms with Crippen LogP contribution < -0.4 is 9.47 Å². The van der Waals surface area contributed by atoms with Crippen LogP contribution in [0.2, 0.25) is 0 Å².